The molecular formula is C32H47NO5. The van der Waals surface area contributed by atoms with E-state index in [0.29, 0.717) is 12.3 Å². The van der Waals surface area contributed by atoms with Gasteiger partial charge in [-0.3, -0.25) is 9.59 Å². The van der Waals surface area contributed by atoms with Gasteiger partial charge in [-0.2, -0.15) is 0 Å². The fourth-order valence-electron chi connectivity index (χ4n) is 5.49. The lowest BCUT2D eigenvalue weighted by atomic mass is 9.90. The first kappa shape index (κ1) is 30.1. The van der Waals surface area contributed by atoms with Crippen LogP contribution in [0.5, 0.6) is 0 Å². The molecule has 3 rings (SSSR count). The summed E-state index contributed by atoms with van der Waals surface area (Å²) in [5, 5.41) is 2.59. The van der Waals surface area contributed by atoms with Gasteiger partial charge in [0.2, 0.25) is 5.91 Å². The van der Waals surface area contributed by atoms with Gasteiger partial charge < -0.3 is 19.5 Å². The van der Waals surface area contributed by atoms with Gasteiger partial charge in [0.25, 0.3) is 0 Å². The summed E-state index contributed by atoms with van der Waals surface area (Å²) < 4.78 is 19.0. The molecule has 0 spiro atoms. The quantitative estimate of drug-likeness (QED) is 0.265. The number of fused-ring (bicyclic) bond motifs is 4. The van der Waals surface area contributed by atoms with E-state index in [2.05, 4.69) is 44.3 Å². The van der Waals surface area contributed by atoms with Gasteiger partial charge in [0.15, 0.2) is 0 Å². The monoisotopic (exact) mass is 525 g/mol. The third-order valence-corrected chi connectivity index (χ3v) is 7.65. The minimum absolute atomic E-state index is 0.0221. The molecule has 6 nitrogen and oxygen atoms in total. The summed E-state index contributed by atoms with van der Waals surface area (Å²) in [7, 11) is 1.62. The lowest BCUT2D eigenvalue weighted by molar-refractivity contribution is -0.154. The number of allylic oxidation sites excluding steroid dienone is 6. The molecule has 210 valence electrons. The van der Waals surface area contributed by atoms with Gasteiger partial charge >= 0.3 is 5.97 Å². The van der Waals surface area contributed by atoms with Gasteiger partial charge in [-0.05, 0) is 57.4 Å². The SMILES string of the molecule is CC=C1CC2CC(=O)OC(C=CC=CC=CCC(=O)NC)C(C)C=CC(C)CC3CCCC(CC(C1)O2)O3. The summed E-state index contributed by atoms with van der Waals surface area (Å²) in [5.41, 5.74) is 1.35. The first-order chi connectivity index (χ1) is 18.4. The molecule has 7 atom stereocenters. The van der Waals surface area contributed by atoms with E-state index in [1.165, 1.54) is 12.0 Å². The maximum Gasteiger partial charge on any atom is 0.309 e. The van der Waals surface area contributed by atoms with Crippen LogP contribution < -0.4 is 5.32 Å². The predicted molar refractivity (Wildman–Crippen MR) is 151 cm³/mol. The van der Waals surface area contributed by atoms with Crippen molar-refractivity contribution < 1.29 is 23.8 Å². The fourth-order valence-corrected chi connectivity index (χ4v) is 5.49. The second-order valence-electron chi connectivity index (χ2n) is 11.0. The van der Waals surface area contributed by atoms with Gasteiger partial charge in [0.1, 0.15) is 6.10 Å². The number of carbonyl (C=O) groups excluding carboxylic acids is 2. The molecule has 0 saturated carbocycles. The third kappa shape index (κ3) is 10.4. The van der Waals surface area contributed by atoms with Gasteiger partial charge in [-0.25, -0.2) is 0 Å². The molecule has 0 radical (unpaired) electrons. The molecule has 7 unspecified atom stereocenters. The van der Waals surface area contributed by atoms with Crippen LogP contribution in [0.3, 0.4) is 0 Å². The first-order valence-corrected chi connectivity index (χ1v) is 14.4. The Balaban J connectivity index is 1.74. The van der Waals surface area contributed by atoms with Crippen molar-refractivity contribution in [3.63, 3.8) is 0 Å². The summed E-state index contributed by atoms with van der Waals surface area (Å²) in [6.07, 6.45) is 25.4. The van der Waals surface area contributed by atoms with E-state index in [1.807, 2.05) is 30.4 Å². The Morgan fingerprint density at radius 2 is 1.66 bits per heavy atom. The molecule has 0 aromatic heterocycles. The van der Waals surface area contributed by atoms with E-state index in [4.69, 9.17) is 14.2 Å². The maximum atomic E-state index is 13.1. The smallest absolute Gasteiger partial charge is 0.309 e. The van der Waals surface area contributed by atoms with Crippen molar-refractivity contribution >= 4 is 11.9 Å². The van der Waals surface area contributed by atoms with Crippen LogP contribution in [0.15, 0.2) is 60.3 Å². The number of ether oxygens (including phenoxy) is 3. The van der Waals surface area contributed by atoms with Gasteiger partial charge in [0, 0.05) is 25.8 Å². The molecule has 3 heterocycles. The second-order valence-corrected chi connectivity index (χ2v) is 11.0. The molecule has 1 amide bonds. The Morgan fingerprint density at radius 1 is 0.947 bits per heavy atom. The van der Waals surface area contributed by atoms with E-state index < -0.39 is 0 Å². The number of hydrogen-bond acceptors (Lipinski definition) is 5. The van der Waals surface area contributed by atoms with Crippen LogP contribution in [-0.2, 0) is 23.8 Å². The average Bonchev–Trinajstić information content (AvgIpc) is 2.89. The van der Waals surface area contributed by atoms with Crippen LogP contribution in [-0.4, -0.2) is 49.4 Å². The van der Waals surface area contributed by atoms with Crippen molar-refractivity contribution in [1.29, 1.82) is 0 Å². The number of carbonyl (C=O) groups is 2. The normalized spacial score (nSPS) is 34.7. The highest BCUT2D eigenvalue weighted by atomic mass is 16.5. The Hall–Kier alpha value is -2.44. The minimum Gasteiger partial charge on any atom is -0.457 e. The van der Waals surface area contributed by atoms with Crippen LogP contribution in [0.1, 0.15) is 78.6 Å². The third-order valence-electron chi connectivity index (χ3n) is 7.65. The summed E-state index contributed by atoms with van der Waals surface area (Å²) >= 11 is 0. The molecule has 2 saturated heterocycles. The van der Waals surface area contributed by atoms with Crippen molar-refractivity contribution in [1.82, 2.24) is 5.32 Å². The van der Waals surface area contributed by atoms with Gasteiger partial charge in [-0.15, -0.1) is 0 Å². The molecule has 1 N–H and O–H groups in total. The standard InChI is InChI=1S/C32H47NO5/c1-5-25-19-28-21-27-13-11-12-26(36-27)18-23(2)16-17-24(3)30(38-32(35)22-29(20-25)37-28)14-9-7-6-8-10-15-31(34)33-4/h5-10,14,16-17,23-24,26-30H,11-13,15,18-22H2,1-4H3,(H,33,34). The second kappa shape index (κ2) is 15.8. The highest BCUT2D eigenvalue weighted by molar-refractivity contribution is 5.77. The zero-order chi connectivity index (χ0) is 27.3. The van der Waals surface area contributed by atoms with E-state index in [0.717, 1.165) is 38.5 Å². The van der Waals surface area contributed by atoms with Gasteiger partial charge in [0.05, 0.1) is 30.8 Å². The number of amides is 1. The Kier molecular flexibility index (Phi) is 12.6. The van der Waals surface area contributed by atoms with Crippen molar-refractivity contribution in [3.05, 3.63) is 60.3 Å². The van der Waals surface area contributed by atoms with Crippen LogP contribution in [0.4, 0.5) is 0 Å². The zero-order valence-electron chi connectivity index (χ0n) is 23.6. The number of esters is 1. The summed E-state index contributed by atoms with van der Waals surface area (Å²) in [4.78, 5) is 24.4. The zero-order valence-corrected chi connectivity index (χ0v) is 23.6. The van der Waals surface area contributed by atoms with Crippen molar-refractivity contribution in [2.45, 2.75) is 109 Å². The summed E-state index contributed by atoms with van der Waals surface area (Å²) in [6, 6.07) is 0. The van der Waals surface area contributed by atoms with Crippen LogP contribution in [0.2, 0.25) is 0 Å². The maximum absolute atomic E-state index is 13.1. The van der Waals surface area contributed by atoms with E-state index in [-0.39, 0.29) is 54.7 Å². The number of nitrogens with one attached hydrogen (secondary N) is 1. The molecule has 0 aliphatic carbocycles. The molecule has 0 aromatic rings. The Labute approximate surface area is 229 Å². The van der Waals surface area contributed by atoms with Crippen molar-refractivity contribution in [2.24, 2.45) is 11.8 Å². The minimum atomic E-state index is -0.380. The lowest BCUT2D eigenvalue weighted by Crippen LogP contribution is -2.37. The van der Waals surface area contributed by atoms with Crippen LogP contribution in [0, 0.1) is 11.8 Å². The summed E-state index contributed by atoms with van der Waals surface area (Å²) in [5.74, 6) is 0.144. The van der Waals surface area contributed by atoms with Crippen molar-refractivity contribution in [3.8, 4) is 0 Å². The lowest BCUT2D eigenvalue weighted by Gasteiger charge is -2.37. The molecule has 4 bridgehead atoms. The molecule has 3 aliphatic heterocycles. The molecule has 2 fully saturated rings. The van der Waals surface area contributed by atoms with Crippen LogP contribution in [0.25, 0.3) is 0 Å². The Bertz CT molecular complexity index is 917. The summed E-state index contributed by atoms with van der Waals surface area (Å²) in [6.45, 7) is 6.39. The first-order valence-electron chi connectivity index (χ1n) is 14.4. The van der Waals surface area contributed by atoms with E-state index in [1.54, 1.807) is 13.1 Å². The Morgan fingerprint density at radius 3 is 2.42 bits per heavy atom. The average molecular weight is 526 g/mol. The van der Waals surface area contributed by atoms with E-state index >= 15 is 0 Å². The topological polar surface area (TPSA) is 73.9 Å². The molecule has 3 aliphatic rings. The number of cyclic esters (lactones) is 1. The highest BCUT2D eigenvalue weighted by Crippen LogP contribution is 2.33. The predicted octanol–water partition coefficient (Wildman–Crippen LogP) is 6.15. The highest BCUT2D eigenvalue weighted by Gasteiger charge is 2.32. The molecule has 6 heteroatoms. The largest absolute Gasteiger partial charge is 0.457 e. The van der Waals surface area contributed by atoms with E-state index in [9.17, 15) is 9.59 Å². The molecule has 38 heavy (non-hydrogen) atoms. The fraction of sp³-hybridized carbons (Fsp3) is 0.625. The van der Waals surface area contributed by atoms with Gasteiger partial charge in [-0.1, -0.05) is 68.0 Å². The number of rotatable bonds is 5. The van der Waals surface area contributed by atoms with Crippen molar-refractivity contribution in [2.75, 3.05) is 7.05 Å². The number of hydrogen-bond donors (Lipinski definition) is 1. The van der Waals surface area contributed by atoms with Crippen LogP contribution >= 0.6 is 0 Å². The molecule has 0 aromatic carbocycles. The molecular weight excluding hydrogens is 478 g/mol.